The summed E-state index contributed by atoms with van der Waals surface area (Å²) in [5, 5.41) is 0. The number of piperidine rings is 2. The van der Waals surface area contributed by atoms with Gasteiger partial charge in [-0.1, -0.05) is 44.2 Å². The van der Waals surface area contributed by atoms with Crippen molar-refractivity contribution in [2.75, 3.05) is 19.6 Å². The van der Waals surface area contributed by atoms with Crippen molar-refractivity contribution in [3.63, 3.8) is 0 Å². The van der Waals surface area contributed by atoms with Crippen LogP contribution in [0, 0.1) is 17.8 Å². The summed E-state index contributed by atoms with van der Waals surface area (Å²) in [6.07, 6.45) is 4.22. The molecule has 3 aliphatic rings. The summed E-state index contributed by atoms with van der Waals surface area (Å²) in [6.45, 7) is 8.09. The number of benzene rings is 1. The van der Waals surface area contributed by atoms with Gasteiger partial charge >= 0.3 is 0 Å². The molecule has 3 aliphatic heterocycles. The molecular weight excluding hydrogens is 296 g/mol. The molecule has 0 radical (unpaired) electrons. The van der Waals surface area contributed by atoms with Crippen LogP contribution in [0.4, 0.5) is 0 Å². The Morgan fingerprint density at radius 3 is 2.62 bits per heavy atom. The molecule has 3 fully saturated rings. The largest absolute Gasteiger partial charge is 0.336 e. The predicted molar refractivity (Wildman–Crippen MR) is 96.7 cm³/mol. The summed E-state index contributed by atoms with van der Waals surface area (Å²) in [5.41, 5.74) is 1.44. The highest BCUT2D eigenvalue weighted by Crippen LogP contribution is 2.45. The first-order valence-electron chi connectivity index (χ1n) is 9.71. The molecule has 3 saturated heterocycles. The highest BCUT2D eigenvalue weighted by atomic mass is 16.2. The van der Waals surface area contributed by atoms with Gasteiger partial charge in [-0.05, 0) is 42.6 Å². The van der Waals surface area contributed by atoms with E-state index < -0.39 is 0 Å². The van der Waals surface area contributed by atoms with Crippen molar-refractivity contribution in [1.82, 2.24) is 9.80 Å². The van der Waals surface area contributed by atoms with Crippen LogP contribution in [0.2, 0.25) is 0 Å². The lowest BCUT2D eigenvalue weighted by molar-refractivity contribution is -0.142. The molecule has 1 amide bonds. The van der Waals surface area contributed by atoms with Crippen LogP contribution < -0.4 is 0 Å². The van der Waals surface area contributed by atoms with Crippen LogP contribution in [0.25, 0.3) is 0 Å². The van der Waals surface area contributed by atoms with E-state index in [1.807, 2.05) is 0 Å². The van der Waals surface area contributed by atoms with Gasteiger partial charge in [-0.25, -0.2) is 0 Å². The Hall–Kier alpha value is -1.35. The van der Waals surface area contributed by atoms with Crippen LogP contribution >= 0.6 is 0 Å². The summed E-state index contributed by atoms with van der Waals surface area (Å²) in [6, 6.07) is 11.8. The van der Waals surface area contributed by atoms with E-state index in [0.717, 1.165) is 25.8 Å². The van der Waals surface area contributed by atoms with Gasteiger partial charge in [-0.15, -0.1) is 0 Å². The van der Waals surface area contributed by atoms with Gasteiger partial charge < -0.3 is 9.80 Å². The Bertz CT molecular complexity index is 585. The predicted octanol–water partition coefficient (Wildman–Crippen LogP) is 3.20. The van der Waals surface area contributed by atoms with Crippen LogP contribution in [0.1, 0.15) is 38.7 Å². The zero-order valence-corrected chi connectivity index (χ0v) is 15.0. The van der Waals surface area contributed by atoms with Gasteiger partial charge in [0.25, 0.3) is 0 Å². The maximum atomic E-state index is 12.5. The van der Waals surface area contributed by atoms with Crippen molar-refractivity contribution >= 4 is 5.91 Å². The first kappa shape index (κ1) is 16.1. The summed E-state index contributed by atoms with van der Waals surface area (Å²) < 4.78 is 0. The molecule has 1 aromatic rings. The molecule has 3 heterocycles. The zero-order valence-electron chi connectivity index (χ0n) is 15.0. The van der Waals surface area contributed by atoms with Crippen LogP contribution in [-0.2, 0) is 11.2 Å². The fraction of sp³-hybridized carbons (Fsp3) is 0.667. The Balaban J connectivity index is 1.45. The summed E-state index contributed by atoms with van der Waals surface area (Å²) >= 11 is 0. The van der Waals surface area contributed by atoms with Gasteiger partial charge in [0.1, 0.15) is 0 Å². The van der Waals surface area contributed by atoms with Gasteiger partial charge in [0.15, 0.2) is 0 Å². The van der Waals surface area contributed by atoms with Crippen LogP contribution in [0.3, 0.4) is 0 Å². The summed E-state index contributed by atoms with van der Waals surface area (Å²) in [5.74, 6) is 2.39. The lowest BCUT2D eigenvalue weighted by atomic mass is 9.79. The minimum Gasteiger partial charge on any atom is -0.336 e. The van der Waals surface area contributed by atoms with Crippen LogP contribution in [0.5, 0.6) is 0 Å². The third-order valence-corrected chi connectivity index (χ3v) is 6.52. The first-order chi connectivity index (χ1) is 11.6. The lowest BCUT2D eigenvalue weighted by Gasteiger charge is -2.47. The van der Waals surface area contributed by atoms with Gasteiger partial charge in [0, 0.05) is 38.1 Å². The monoisotopic (exact) mass is 326 g/mol. The van der Waals surface area contributed by atoms with Crippen LogP contribution in [0.15, 0.2) is 30.3 Å². The molecule has 0 aliphatic carbocycles. The fourth-order valence-corrected chi connectivity index (χ4v) is 5.41. The summed E-state index contributed by atoms with van der Waals surface area (Å²) in [4.78, 5) is 17.5. The smallest absolute Gasteiger partial charge is 0.223 e. The van der Waals surface area contributed by atoms with Crippen molar-refractivity contribution in [3.8, 4) is 0 Å². The van der Waals surface area contributed by atoms with Gasteiger partial charge in [-0.2, -0.15) is 0 Å². The van der Waals surface area contributed by atoms with E-state index >= 15 is 0 Å². The van der Waals surface area contributed by atoms with Crippen LogP contribution in [-0.4, -0.2) is 47.4 Å². The molecule has 130 valence electrons. The molecule has 0 bridgehead atoms. The van der Waals surface area contributed by atoms with E-state index in [-0.39, 0.29) is 0 Å². The maximum absolute atomic E-state index is 12.5. The van der Waals surface area contributed by atoms with Crippen molar-refractivity contribution < 1.29 is 4.79 Å². The number of hydrogen-bond acceptors (Lipinski definition) is 2. The Morgan fingerprint density at radius 2 is 1.88 bits per heavy atom. The van der Waals surface area contributed by atoms with Gasteiger partial charge in [-0.3, -0.25) is 4.79 Å². The molecule has 3 nitrogen and oxygen atoms in total. The topological polar surface area (TPSA) is 23.6 Å². The van der Waals surface area contributed by atoms with Crippen molar-refractivity contribution in [3.05, 3.63) is 35.9 Å². The van der Waals surface area contributed by atoms with Gasteiger partial charge in [0.2, 0.25) is 5.91 Å². The zero-order chi connectivity index (χ0) is 16.7. The molecule has 0 aromatic heterocycles. The fourth-order valence-electron chi connectivity index (χ4n) is 5.41. The normalized spacial score (nSPS) is 33.1. The number of rotatable bonds is 4. The maximum Gasteiger partial charge on any atom is 0.223 e. The number of likely N-dealkylation sites (tertiary alicyclic amines) is 1. The SMILES string of the molecule is CC(C)[C@H]1CC2CN(CCc3ccccc3)C[C@H]3CCC(=O)N1C23. The highest BCUT2D eigenvalue weighted by Gasteiger charge is 2.52. The second-order valence-corrected chi connectivity index (χ2v) is 8.39. The molecule has 3 heteroatoms. The third kappa shape index (κ3) is 2.88. The standard InChI is InChI=1S/C21H30N2O/c1-15(2)19-12-18-14-22(11-10-16-6-4-3-5-7-16)13-17-8-9-20(24)23(19)21(17)18/h3-7,15,17-19,21H,8-14H2,1-2H3/t17-,18?,19-,21?/m1/s1. The van der Waals surface area contributed by atoms with E-state index in [1.165, 1.54) is 25.1 Å². The van der Waals surface area contributed by atoms with E-state index in [1.54, 1.807) is 0 Å². The summed E-state index contributed by atoms with van der Waals surface area (Å²) in [7, 11) is 0. The molecule has 0 saturated carbocycles. The Labute approximate surface area is 146 Å². The molecule has 2 unspecified atom stereocenters. The van der Waals surface area contributed by atoms with Crippen molar-refractivity contribution in [2.24, 2.45) is 17.8 Å². The van der Waals surface area contributed by atoms with E-state index in [0.29, 0.717) is 35.7 Å². The highest BCUT2D eigenvalue weighted by molar-refractivity contribution is 5.78. The molecule has 4 rings (SSSR count). The Morgan fingerprint density at radius 1 is 1.12 bits per heavy atom. The molecule has 0 spiro atoms. The molecule has 0 N–H and O–H groups in total. The van der Waals surface area contributed by atoms with Gasteiger partial charge in [0.05, 0.1) is 0 Å². The Kier molecular flexibility index (Phi) is 4.38. The molecular formula is C21H30N2O. The minimum absolute atomic E-state index is 0.426. The minimum atomic E-state index is 0.426. The first-order valence-corrected chi connectivity index (χ1v) is 9.71. The average molecular weight is 326 g/mol. The molecule has 4 atom stereocenters. The number of nitrogens with zero attached hydrogens (tertiary/aromatic N) is 2. The lowest BCUT2D eigenvalue weighted by Crippen LogP contribution is -2.57. The number of hydrogen-bond donors (Lipinski definition) is 0. The quantitative estimate of drug-likeness (QED) is 0.848. The third-order valence-electron chi connectivity index (χ3n) is 6.52. The van der Waals surface area contributed by atoms with Crippen molar-refractivity contribution in [1.29, 1.82) is 0 Å². The van der Waals surface area contributed by atoms with E-state index in [4.69, 9.17) is 0 Å². The molecule has 24 heavy (non-hydrogen) atoms. The van der Waals surface area contributed by atoms with E-state index in [9.17, 15) is 4.79 Å². The average Bonchev–Trinajstić information content (AvgIpc) is 2.98. The van der Waals surface area contributed by atoms with Crippen molar-refractivity contribution in [2.45, 2.75) is 51.6 Å². The number of carbonyl (C=O) groups excluding carboxylic acids is 1. The second-order valence-electron chi connectivity index (χ2n) is 8.39. The van der Waals surface area contributed by atoms with E-state index in [2.05, 4.69) is 54.0 Å². The number of amides is 1. The number of carbonyl (C=O) groups is 1. The second kappa shape index (κ2) is 6.51. The molecule has 1 aromatic carbocycles.